The summed E-state index contributed by atoms with van der Waals surface area (Å²) in [5, 5.41) is 9.53. The normalized spacial score (nSPS) is 18.7. The van der Waals surface area contributed by atoms with Crippen LogP contribution >= 0.6 is 0 Å². The molecule has 0 unspecified atom stereocenters. The first-order chi connectivity index (χ1) is 12.3. The minimum atomic E-state index is -3.53. The number of sulfonamides is 1. The van der Waals surface area contributed by atoms with Crippen LogP contribution < -0.4 is 0 Å². The number of aliphatic hydroxyl groups excluding tert-OH is 1. The maximum Gasteiger partial charge on any atom is 0.251 e. The maximum atomic E-state index is 13.1. The Morgan fingerprint density at radius 1 is 1.35 bits per heavy atom. The second-order valence-corrected chi connectivity index (χ2v) is 9.36. The number of aliphatic hydroxyl groups is 1. The van der Waals surface area contributed by atoms with Crippen molar-refractivity contribution in [3.8, 4) is 0 Å². The largest absolute Gasteiger partial charge is 0.384 e. The van der Waals surface area contributed by atoms with Gasteiger partial charge in [0.2, 0.25) is 10.0 Å². The van der Waals surface area contributed by atoms with Gasteiger partial charge in [-0.15, -0.1) is 0 Å². The van der Waals surface area contributed by atoms with Crippen LogP contribution in [0.4, 0.5) is 0 Å². The Balaban J connectivity index is 1.85. The number of rotatable bonds is 7. The Morgan fingerprint density at radius 3 is 2.69 bits per heavy atom. The Hall–Kier alpha value is -1.44. The molecule has 144 valence electrons. The van der Waals surface area contributed by atoms with Crippen molar-refractivity contribution in [1.29, 1.82) is 0 Å². The zero-order chi connectivity index (χ0) is 18.9. The maximum absolute atomic E-state index is 13.1. The van der Waals surface area contributed by atoms with Gasteiger partial charge in [-0.3, -0.25) is 4.79 Å². The zero-order valence-electron chi connectivity index (χ0n) is 15.5. The summed E-state index contributed by atoms with van der Waals surface area (Å²) < 4.78 is 27.8. The van der Waals surface area contributed by atoms with E-state index in [1.54, 1.807) is 21.3 Å². The van der Waals surface area contributed by atoms with E-state index >= 15 is 0 Å². The lowest BCUT2D eigenvalue weighted by Gasteiger charge is -2.30. The van der Waals surface area contributed by atoms with Gasteiger partial charge < -0.3 is 10.0 Å². The van der Waals surface area contributed by atoms with Crippen LogP contribution in [0.1, 0.15) is 44.2 Å². The van der Waals surface area contributed by atoms with Crippen LogP contribution in [0.25, 0.3) is 0 Å². The second kappa shape index (κ2) is 7.66. The van der Waals surface area contributed by atoms with Gasteiger partial charge in [-0.05, 0) is 61.8 Å². The zero-order valence-corrected chi connectivity index (χ0v) is 16.3. The number of carbonyl (C=O) groups excluding carboxylic acids is 1. The van der Waals surface area contributed by atoms with Gasteiger partial charge in [-0.25, -0.2) is 8.42 Å². The number of hydrogen-bond acceptors (Lipinski definition) is 4. The first-order valence-electron chi connectivity index (χ1n) is 9.41. The van der Waals surface area contributed by atoms with Crippen molar-refractivity contribution in [1.82, 2.24) is 9.21 Å². The number of carbonyl (C=O) groups is 1. The molecule has 0 saturated heterocycles. The summed E-state index contributed by atoms with van der Waals surface area (Å²) >= 11 is 0. The summed E-state index contributed by atoms with van der Waals surface area (Å²) in [5.41, 5.74) is 1.93. The summed E-state index contributed by atoms with van der Waals surface area (Å²) in [7, 11) is -3.53. The van der Waals surface area contributed by atoms with E-state index in [1.165, 1.54) is 6.92 Å². The highest BCUT2D eigenvalue weighted by Crippen LogP contribution is 2.32. The van der Waals surface area contributed by atoms with Gasteiger partial charge in [0, 0.05) is 26.2 Å². The Labute approximate surface area is 155 Å². The molecule has 1 aliphatic carbocycles. The van der Waals surface area contributed by atoms with Crippen LogP contribution in [0, 0.1) is 5.92 Å². The van der Waals surface area contributed by atoms with Gasteiger partial charge in [0.1, 0.15) is 6.10 Å². The third kappa shape index (κ3) is 4.10. The molecular formula is C19H28N2O4S. The van der Waals surface area contributed by atoms with Crippen molar-refractivity contribution >= 4 is 15.9 Å². The molecular weight excluding hydrogens is 352 g/mol. The highest BCUT2D eigenvalue weighted by Gasteiger charge is 2.32. The minimum Gasteiger partial charge on any atom is -0.384 e. The van der Waals surface area contributed by atoms with E-state index in [1.807, 2.05) is 13.0 Å². The molecule has 26 heavy (non-hydrogen) atoms. The van der Waals surface area contributed by atoms with Crippen molar-refractivity contribution in [2.45, 2.75) is 57.1 Å². The second-order valence-electron chi connectivity index (χ2n) is 7.42. The molecule has 0 bridgehead atoms. The Kier molecular flexibility index (Phi) is 5.69. The van der Waals surface area contributed by atoms with E-state index in [9.17, 15) is 18.3 Å². The van der Waals surface area contributed by atoms with Gasteiger partial charge in [0.05, 0.1) is 4.90 Å². The number of amides is 1. The summed E-state index contributed by atoms with van der Waals surface area (Å²) in [6.45, 7) is 5.47. The lowest BCUT2D eigenvalue weighted by molar-refractivity contribution is -0.140. The molecule has 7 heteroatoms. The lowest BCUT2D eigenvalue weighted by atomic mass is 9.99. The van der Waals surface area contributed by atoms with Crippen molar-refractivity contribution in [2.24, 2.45) is 5.92 Å². The Morgan fingerprint density at radius 2 is 2.08 bits per heavy atom. The highest BCUT2D eigenvalue weighted by atomic mass is 32.2. The van der Waals surface area contributed by atoms with Crippen LogP contribution in [-0.4, -0.2) is 54.4 Å². The smallest absolute Gasteiger partial charge is 0.251 e. The first-order valence-corrected chi connectivity index (χ1v) is 10.9. The third-order valence-electron chi connectivity index (χ3n) is 5.13. The predicted octanol–water partition coefficient (Wildman–Crippen LogP) is 1.76. The molecule has 1 N–H and O–H groups in total. The molecule has 2 aliphatic rings. The molecule has 1 aromatic carbocycles. The Bertz CT molecular complexity index is 772. The number of nitrogens with zero attached hydrogens (tertiary/aromatic N) is 2. The van der Waals surface area contributed by atoms with Crippen LogP contribution in [0.2, 0.25) is 0 Å². The highest BCUT2D eigenvalue weighted by molar-refractivity contribution is 7.89. The molecule has 1 saturated carbocycles. The van der Waals surface area contributed by atoms with E-state index in [2.05, 4.69) is 0 Å². The van der Waals surface area contributed by atoms with Crippen molar-refractivity contribution in [3.63, 3.8) is 0 Å². The SMILES string of the molecule is CCCN(CC1CC1)S(=O)(=O)c1ccc2c(c1)CN(C(=O)[C@@H](C)O)CC2. The molecule has 1 amide bonds. The molecule has 1 heterocycles. The fourth-order valence-electron chi connectivity index (χ4n) is 3.44. The van der Waals surface area contributed by atoms with E-state index in [0.717, 1.165) is 30.4 Å². The number of benzene rings is 1. The molecule has 3 rings (SSSR count). The van der Waals surface area contributed by atoms with Crippen LogP contribution in [0.5, 0.6) is 0 Å². The van der Waals surface area contributed by atoms with Crippen molar-refractivity contribution in [2.75, 3.05) is 19.6 Å². The minimum absolute atomic E-state index is 0.302. The third-order valence-corrected chi connectivity index (χ3v) is 6.99. The number of hydrogen-bond donors (Lipinski definition) is 1. The van der Waals surface area contributed by atoms with Crippen LogP contribution in [0.15, 0.2) is 23.1 Å². The van der Waals surface area contributed by atoms with Crippen molar-refractivity contribution < 1.29 is 18.3 Å². The fraction of sp³-hybridized carbons (Fsp3) is 0.632. The summed E-state index contributed by atoms with van der Waals surface area (Å²) in [4.78, 5) is 14.0. The molecule has 1 aromatic rings. The summed E-state index contributed by atoms with van der Waals surface area (Å²) in [5.74, 6) is 0.179. The molecule has 6 nitrogen and oxygen atoms in total. The molecule has 1 aliphatic heterocycles. The van der Waals surface area contributed by atoms with Crippen LogP contribution in [0.3, 0.4) is 0 Å². The van der Waals surface area contributed by atoms with Gasteiger partial charge in [0.15, 0.2) is 0 Å². The van der Waals surface area contributed by atoms with E-state index in [4.69, 9.17) is 0 Å². The van der Waals surface area contributed by atoms with E-state index < -0.39 is 16.1 Å². The van der Waals surface area contributed by atoms with Crippen LogP contribution in [-0.2, 0) is 27.8 Å². The number of fused-ring (bicyclic) bond motifs is 1. The molecule has 1 fully saturated rings. The van der Waals surface area contributed by atoms with E-state index in [-0.39, 0.29) is 5.91 Å². The lowest BCUT2D eigenvalue weighted by Crippen LogP contribution is -2.41. The van der Waals surface area contributed by atoms with E-state index in [0.29, 0.717) is 43.4 Å². The monoisotopic (exact) mass is 380 g/mol. The standard InChI is InChI=1S/C19H28N2O4S/c1-3-9-21(12-15-4-5-15)26(24,25)18-7-6-16-8-10-20(13-17(16)11-18)19(23)14(2)22/h6-7,11,14-15,22H,3-5,8-10,12-13H2,1-2H3/t14-/m1/s1. The molecule has 1 atom stereocenters. The molecule has 0 spiro atoms. The first kappa shape index (κ1) is 19.3. The van der Waals surface area contributed by atoms with Gasteiger partial charge >= 0.3 is 0 Å². The predicted molar refractivity (Wildman–Crippen MR) is 99.0 cm³/mol. The summed E-state index contributed by atoms with van der Waals surface area (Å²) in [6.07, 6.45) is 2.64. The topological polar surface area (TPSA) is 77.9 Å². The van der Waals surface area contributed by atoms with Crippen molar-refractivity contribution in [3.05, 3.63) is 29.3 Å². The average molecular weight is 381 g/mol. The molecule has 0 radical (unpaired) electrons. The van der Waals surface area contributed by atoms with Gasteiger partial charge in [-0.2, -0.15) is 4.31 Å². The van der Waals surface area contributed by atoms with Gasteiger partial charge in [0.25, 0.3) is 5.91 Å². The fourth-order valence-corrected chi connectivity index (χ4v) is 5.10. The average Bonchev–Trinajstić information content (AvgIpc) is 3.43. The molecule has 0 aromatic heterocycles. The van der Waals surface area contributed by atoms with Gasteiger partial charge in [-0.1, -0.05) is 13.0 Å². The summed E-state index contributed by atoms with van der Waals surface area (Å²) in [6, 6.07) is 5.27. The quantitative estimate of drug-likeness (QED) is 0.782.